The molecule has 1 aromatic carbocycles. The van der Waals surface area contributed by atoms with Crippen molar-refractivity contribution >= 4 is 11.9 Å². The van der Waals surface area contributed by atoms with Crippen LogP contribution in [0.25, 0.3) is 0 Å². The predicted molar refractivity (Wildman–Crippen MR) is 84.5 cm³/mol. The first-order valence-corrected chi connectivity index (χ1v) is 7.70. The molecular weight excluding hydrogens is 316 g/mol. The maximum atomic E-state index is 12.9. The Morgan fingerprint density at radius 1 is 1.25 bits per heavy atom. The Morgan fingerprint density at radius 2 is 1.88 bits per heavy atom. The number of nitrogens with one attached hydrogen (secondary N) is 1. The van der Waals surface area contributed by atoms with Gasteiger partial charge in [0.25, 0.3) is 5.91 Å². The van der Waals surface area contributed by atoms with Gasteiger partial charge in [0, 0.05) is 23.0 Å². The third-order valence-electron chi connectivity index (χ3n) is 3.81. The van der Waals surface area contributed by atoms with E-state index < -0.39 is 30.3 Å². The lowest BCUT2D eigenvalue weighted by Crippen LogP contribution is -2.47. The van der Waals surface area contributed by atoms with Crippen LogP contribution in [0.4, 0.5) is 8.78 Å². The summed E-state index contributed by atoms with van der Waals surface area (Å²) in [5.41, 5.74) is 1.05. The molecule has 6 heteroatoms. The van der Waals surface area contributed by atoms with Gasteiger partial charge in [-0.3, -0.25) is 4.79 Å². The highest BCUT2D eigenvalue weighted by atomic mass is 19.3. The summed E-state index contributed by atoms with van der Waals surface area (Å²) in [4.78, 5) is 23.8. The molecule has 128 valence electrons. The van der Waals surface area contributed by atoms with Gasteiger partial charge in [-0.25, -0.2) is 13.6 Å². The van der Waals surface area contributed by atoms with Gasteiger partial charge in [0.05, 0.1) is 7.11 Å². The van der Waals surface area contributed by atoms with Crippen LogP contribution in [0.2, 0.25) is 0 Å². The number of amides is 1. The number of carbonyl (C=O) groups excluding carboxylic acids is 2. The average Bonchev–Trinajstić information content (AvgIpc) is 3.41. The zero-order valence-corrected chi connectivity index (χ0v) is 13.5. The summed E-state index contributed by atoms with van der Waals surface area (Å²) < 4.78 is 30.2. The van der Waals surface area contributed by atoms with E-state index in [2.05, 4.69) is 21.9 Å². The third kappa shape index (κ3) is 4.79. The molecule has 1 aliphatic carbocycles. The number of carbonyl (C=O) groups is 2. The van der Waals surface area contributed by atoms with Gasteiger partial charge in [-0.15, -0.1) is 0 Å². The molecule has 0 saturated heterocycles. The van der Waals surface area contributed by atoms with Crippen molar-refractivity contribution in [1.29, 1.82) is 0 Å². The Balaban J connectivity index is 2.06. The fraction of sp³-hybridized carbons (Fsp3) is 0.444. The van der Waals surface area contributed by atoms with Crippen molar-refractivity contribution in [3.05, 3.63) is 35.4 Å². The summed E-state index contributed by atoms with van der Waals surface area (Å²) in [6.07, 6.45) is -0.496. The number of hydrogen-bond acceptors (Lipinski definition) is 3. The first-order valence-electron chi connectivity index (χ1n) is 7.70. The van der Waals surface area contributed by atoms with Gasteiger partial charge in [-0.2, -0.15) is 0 Å². The van der Waals surface area contributed by atoms with Gasteiger partial charge >= 0.3 is 5.97 Å². The Labute approximate surface area is 139 Å². The molecule has 2 atom stereocenters. The van der Waals surface area contributed by atoms with Crippen LogP contribution in [0.1, 0.15) is 35.7 Å². The first kappa shape index (κ1) is 17.9. The molecule has 2 rings (SSSR count). The van der Waals surface area contributed by atoms with Crippen LogP contribution >= 0.6 is 0 Å². The lowest BCUT2D eigenvalue weighted by atomic mass is 10.0. The van der Waals surface area contributed by atoms with Crippen LogP contribution in [-0.4, -0.2) is 31.5 Å². The van der Waals surface area contributed by atoms with E-state index in [0.29, 0.717) is 5.92 Å². The van der Waals surface area contributed by atoms with E-state index in [4.69, 9.17) is 0 Å². The van der Waals surface area contributed by atoms with E-state index in [1.807, 2.05) is 0 Å². The molecule has 1 aromatic rings. The van der Waals surface area contributed by atoms with E-state index in [1.54, 1.807) is 24.3 Å². The lowest BCUT2D eigenvalue weighted by Gasteiger charge is -2.22. The maximum absolute atomic E-state index is 12.9. The highest BCUT2D eigenvalue weighted by Gasteiger charge is 2.33. The van der Waals surface area contributed by atoms with Crippen LogP contribution < -0.4 is 5.32 Å². The Hall–Kier alpha value is -2.42. The summed E-state index contributed by atoms with van der Waals surface area (Å²) in [6, 6.07) is 5.07. The Kier molecular flexibility index (Phi) is 5.91. The molecule has 0 spiro atoms. The fourth-order valence-corrected chi connectivity index (χ4v) is 2.02. The molecule has 24 heavy (non-hydrogen) atoms. The molecule has 1 fully saturated rings. The summed E-state index contributed by atoms with van der Waals surface area (Å²) in [5, 5.41) is 2.32. The van der Waals surface area contributed by atoms with E-state index in [9.17, 15) is 18.4 Å². The standard InChI is InChI=1S/C18H19F2NO3/c1-11(16(19)20)15(18(23)24-2)21-17(22)14-9-7-13(8-10-14)6-5-12-3-4-12/h7-12,15-16H,3-4H2,1-2H3,(H,21,22). The second kappa shape index (κ2) is 7.91. The Morgan fingerprint density at radius 3 is 2.38 bits per heavy atom. The molecule has 1 amide bonds. The number of rotatable bonds is 5. The van der Waals surface area contributed by atoms with Crippen molar-refractivity contribution in [2.24, 2.45) is 11.8 Å². The van der Waals surface area contributed by atoms with Crippen molar-refractivity contribution in [3.8, 4) is 11.8 Å². The summed E-state index contributed by atoms with van der Waals surface area (Å²) in [7, 11) is 1.09. The highest BCUT2D eigenvalue weighted by molar-refractivity contribution is 5.96. The molecule has 4 nitrogen and oxygen atoms in total. The molecule has 0 heterocycles. The molecular formula is C18H19F2NO3. The number of methoxy groups -OCH3 is 1. The minimum atomic E-state index is -2.76. The smallest absolute Gasteiger partial charge is 0.328 e. The molecule has 2 unspecified atom stereocenters. The third-order valence-corrected chi connectivity index (χ3v) is 3.81. The first-order chi connectivity index (χ1) is 11.4. The lowest BCUT2D eigenvalue weighted by molar-refractivity contribution is -0.146. The van der Waals surface area contributed by atoms with E-state index >= 15 is 0 Å². The SMILES string of the molecule is COC(=O)C(NC(=O)c1ccc(C#CC2CC2)cc1)C(C)C(F)F. The van der Waals surface area contributed by atoms with Crippen LogP contribution in [0, 0.1) is 23.7 Å². The van der Waals surface area contributed by atoms with Gasteiger partial charge in [0.1, 0.15) is 6.04 Å². The maximum Gasteiger partial charge on any atom is 0.328 e. The quantitative estimate of drug-likeness (QED) is 0.665. The molecule has 1 aliphatic rings. The highest BCUT2D eigenvalue weighted by Crippen LogP contribution is 2.27. The summed E-state index contributed by atoms with van der Waals surface area (Å²) in [6.45, 7) is 1.18. The van der Waals surface area contributed by atoms with E-state index in [-0.39, 0.29) is 5.56 Å². The second-order valence-electron chi connectivity index (χ2n) is 5.79. The number of ether oxygens (including phenoxy) is 1. The van der Waals surface area contributed by atoms with Crippen LogP contribution in [0.15, 0.2) is 24.3 Å². The van der Waals surface area contributed by atoms with Gasteiger partial charge < -0.3 is 10.1 Å². The summed E-state index contributed by atoms with van der Waals surface area (Å²) in [5.74, 6) is 3.74. The second-order valence-corrected chi connectivity index (χ2v) is 5.79. The minimum Gasteiger partial charge on any atom is -0.467 e. The minimum absolute atomic E-state index is 0.266. The molecule has 0 radical (unpaired) electrons. The normalized spacial score (nSPS) is 15.9. The molecule has 0 aliphatic heterocycles. The number of hydrogen-bond donors (Lipinski definition) is 1. The van der Waals surface area contributed by atoms with Crippen molar-refractivity contribution in [2.45, 2.75) is 32.2 Å². The Bertz CT molecular complexity index is 657. The predicted octanol–water partition coefficient (Wildman–Crippen LogP) is 2.62. The van der Waals surface area contributed by atoms with Gasteiger partial charge in [0.2, 0.25) is 6.43 Å². The van der Waals surface area contributed by atoms with Gasteiger partial charge in [-0.05, 0) is 37.1 Å². The number of halogens is 2. The van der Waals surface area contributed by atoms with E-state index in [1.165, 1.54) is 6.92 Å². The summed E-state index contributed by atoms with van der Waals surface area (Å²) >= 11 is 0. The zero-order valence-electron chi connectivity index (χ0n) is 13.5. The number of benzene rings is 1. The van der Waals surface area contributed by atoms with Crippen molar-refractivity contribution in [3.63, 3.8) is 0 Å². The van der Waals surface area contributed by atoms with Gasteiger partial charge in [-0.1, -0.05) is 18.8 Å². The number of alkyl halides is 2. The van der Waals surface area contributed by atoms with Crippen molar-refractivity contribution in [1.82, 2.24) is 5.32 Å². The average molecular weight is 335 g/mol. The fourth-order valence-electron chi connectivity index (χ4n) is 2.02. The van der Waals surface area contributed by atoms with Crippen molar-refractivity contribution in [2.75, 3.05) is 7.11 Å². The van der Waals surface area contributed by atoms with Gasteiger partial charge in [0.15, 0.2) is 0 Å². The largest absolute Gasteiger partial charge is 0.467 e. The number of esters is 1. The zero-order chi connectivity index (χ0) is 17.7. The van der Waals surface area contributed by atoms with Crippen LogP contribution in [-0.2, 0) is 9.53 Å². The molecule has 0 aromatic heterocycles. The van der Waals surface area contributed by atoms with E-state index in [0.717, 1.165) is 25.5 Å². The van der Waals surface area contributed by atoms with Crippen LogP contribution in [0.3, 0.4) is 0 Å². The van der Waals surface area contributed by atoms with Crippen LogP contribution in [0.5, 0.6) is 0 Å². The molecule has 1 saturated carbocycles. The molecule has 1 N–H and O–H groups in total. The molecule has 0 bridgehead atoms. The topological polar surface area (TPSA) is 55.4 Å². The monoisotopic (exact) mass is 335 g/mol. The van der Waals surface area contributed by atoms with Crippen molar-refractivity contribution < 1.29 is 23.1 Å².